The van der Waals surface area contributed by atoms with Crippen LogP contribution in [-0.2, 0) is 4.79 Å². The maximum Gasteiger partial charge on any atom is 0.326 e. The Kier molecular flexibility index (Phi) is 6.26. The second kappa shape index (κ2) is 7.47. The van der Waals surface area contributed by atoms with Crippen molar-refractivity contribution < 1.29 is 14.7 Å². The molecule has 0 bridgehead atoms. The van der Waals surface area contributed by atoms with Gasteiger partial charge in [-0.15, -0.1) is 0 Å². The van der Waals surface area contributed by atoms with Gasteiger partial charge in [0.2, 0.25) is 0 Å². The predicted molar refractivity (Wildman–Crippen MR) is 77.7 cm³/mol. The van der Waals surface area contributed by atoms with Crippen LogP contribution in [0.3, 0.4) is 0 Å². The number of hydrogen-bond donors (Lipinski definition) is 1. The zero-order chi connectivity index (χ0) is 15.3. The summed E-state index contributed by atoms with van der Waals surface area (Å²) in [5.41, 5.74) is 0. The fraction of sp³-hybridized carbons (Fsp3) is 0.857. The van der Waals surface area contributed by atoms with Crippen LogP contribution in [0.5, 0.6) is 0 Å². The highest BCUT2D eigenvalue weighted by molar-refractivity contribution is 5.83. The molecule has 6 nitrogen and oxygen atoms in total. The van der Waals surface area contributed by atoms with Crippen molar-refractivity contribution in [2.24, 2.45) is 5.92 Å². The molecule has 0 aromatic heterocycles. The second-order valence-corrected chi connectivity index (χ2v) is 5.96. The van der Waals surface area contributed by atoms with E-state index >= 15 is 0 Å². The van der Waals surface area contributed by atoms with Crippen LogP contribution in [0, 0.1) is 5.92 Å². The van der Waals surface area contributed by atoms with Crippen molar-refractivity contribution in [1.82, 2.24) is 14.7 Å². The van der Waals surface area contributed by atoms with E-state index in [9.17, 15) is 14.7 Å². The summed E-state index contributed by atoms with van der Waals surface area (Å²) in [7, 11) is 5.74. The van der Waals surface area contributed by atoms with Gasteiger partial charge < -0.3 is 19.8 Å². The maximum atomic E-state index is 12.4. The minimum Gasteiger partial charge on any atom is -0.480 e. The summed E-state index contributed by atoms with van der Waals surface area (Å²) in [6, 6.07) is -0.852. The third kappa shape index (κ3) is 4.37. The number of urea groups is 1. The van der Waals surface area contributed by atoms with Crippen molar-refractivity contribution >= 4 is 12.0 Å². The maximum absolute atomic E-state index is 12.4. The van der Waals surface area contributed by atoms with Crippen LogP contribution in [0.25, 0.3) is 0 Å². The van der Waals surface area contributed by atoms with Crippen LogP contribution in [-0.4, -0.2) is 78.6 Å². The number of hydrogen-bond acceptors (Lipinski definition) is 3. The first-order valence-corrected chi connectivity index (χ1v) is 7.24. The van der Waals surface area contributed by atoms with Gasteiger partial charge in [-0.05, 0) is 45.8 Å². The molecule has 0 radical (unpaired) electrons. The molecule has 2 atom stereocenters. The van der Waals surface area contributed by atoms with Crippen LogP contribution in [0.4, 0.5) is 4.79 Å². The Morgan fingerprint density at radius 3 is 2.45 bits per heavy atom. The summed E-state index contributed by atoms with van der Waals surface area (Å²) in [6.07, 6.45) is 2.63. The average molecular weight is 285 g/mol. The van der Waals surface area contributed by atoms with E-state index in [1.165, 1.54) is 4.90 Å². The summed E-state index contributed by atoms with van der Waals surface area (Å²) in [6.45, 7) is 4.01. The van der Waals surface area contributed by atoms with Gasteiger partial charge in [0.25, 0.3) is 0 Å². The molecule has 1 aliphatic heterocycles. The van der Waals surface area contributed by atoms with E-state index in [1.807, 2.05) is 21.0 Å². The normalized spacial score (nSPS) is 22.9. The Balaban J connectivity index is 2.61. The lowest BCUT2D eigenvalue weighted by Gasteiger charge is -2.39. The van der Waals surface area contributed by atoms with Gasteiger partial charge in [0.05, 0.1) is 0 Å². The minimum atomic E-state index is -0.896. The van der Waals surface area contributed by atoms with Gasteiger partial charge in [-0.1, -0.05) is 6.92 Å². The lowest BCUT2D eigenvalue weighted by atomic mass is 9.91. The molecule has 6 heteroatoms. The van der Waals surface area contributed by atoms with Gasteiger partial charge in [0.1, 0.15) is 6.04 Å². The Labute approximate surface area is 121 Å². The van der Waals surface area contributed by atoms with Gasteiger partial charge in [0.15, 0.2) is 0 Å². The van der Waals surface area contributed by atoms with Crippen molar-refractivity contribution in [1.29, 1.82) is 0 Å². The highest BCUT2D eigenvalue weighted by Crippen LogP contribution is 2.24. The average Bonchev–Trinajstić information content (AvgIpc) is 2.36. The molecular formula is C14H27N3O3. The number of aliphatic carboxylic acids is 1. The Hall–Kier alpha value is -1.30. The smallest absolute Gasteiger partial charge is 0.326 e. The summed E-state index contributed by atoms with van der Waals surface area (Å²) < 4.78 is 0. The first kappa shape index (κ1) is 16.8. The topological polar surface area (TPSA) is 64.1 Å². The Bertz CT molecular complexity index is 347. The lowest BCUT2D eigenvalue weighted by molar-refractivity contribution is -0.145. The second-order valence-electron chi connectivity index (χ2n) is 5.96. The number of carbonyl (C=O) groups excluding carboxylic acids is 1. The van der Waals surface area contributed by atoms with Crippen molar-refractivity contribution in [3.8, 4) is 0 Å². The van der Waals surface area contributed by atoms with Gasteiger partial charge in [-0.3, -0.25) is 0 Å². The van der Waals surface area contributed by atoms with Crippen LogP contribution >= 0.6 is 0 Å². The van der Waals surface area contributed by atoms with E-state index in [0.717, 1.165) is 25.8 Å². The molecule has 1 N–H and O–H groups in total. The largest absolute Gasteiger partial charge is 0.480 e. The summed E-state index contributed by atoms with van der Waals surface area (Å²) >= 11 is 0. The fourth-order valence-electron chi connectivity index (χ4n) is 2.72. The number of carboxylic acids is 1. The van der Waals surface area contributed by atoms with Crippen LogP contribution in [0.2, 0.25) is 0 Å². The molecule has 116 valence electrons. The van der Waals surface area contributed by atoms with E-state index in [4.69, 9.17) is 0 Å². The molecule has 2 amide bonds. The number of carboxylic acid groups (broad SMARTS) is 1. The van der Waals surface area contributed by atoms with E-state index in [0.29, 0.717) is 13.1 Å². The standard InChI is InChI=1S/C14H27N3O3/c1-11-7-5-10-17(12(11)13(18)19)14(20)16(4)9-6-8-15(2)3/h11-12H,5-10H2,1-4H3,(H,18,19). The first-order valence-electron chi connectivity index (χ1n) is 7.24. The number of piperidine rings is 1. The van der Waals surface area contributed by atoms with Crippen molar-refractivity contribution in [2.45, 2.75) is 32.2 Å². The molecular weight excluding hydrogens is 258 g/mol. The number of likely N-dealkylation sites (tertiary alicyclic amines) is 1. The number of amides is 2. The van der Waals surface area contributed by atoms with E-state index in [2.05, 4.69) is 4.90 Å². The molecule has 1 heterocycles. The summed E-state index contributed by atoms with van der Waals surface area (Å²) in [5, 5.41) is 9.34. The van der Waals surface area contributed by atoms with E-state index in [-0.39, 0.29) is 11.9 Å². The highest BCUT2D eigenvalue weighted by atomic mass is 16.4. The SMILES string of the molecule is CC1CCCN(C(=O)N(C)CCCN(C)C)C1C(=O)O. The Morgan fingerprint density at radius 1 is 1.25 bits per heavy atom. The molecule has 1 aliphatic rings. The van der Waals surface area contributed by atoms with Crippen molar-refractivity contribution in [3.05, 3.63) is 0 Å². The minimum absolute atomic E-state index is 0.0142. The first-order chi connectivity index (χ1) is 9.34. The molecule has 1 saturated heterocycles. The van der Waals surface area contributed by atoms with Crippen LogP contribution in [0.15, 0.2) is 0 Å². The Morgan fingerprint density at radius 2 is 1.90 bits per heavy atom. The zero-order valence-corrected chi connectivity index (χ0v) is 13.0. The van der Waals surface area contributed by atoms with Crippen LogP contribution in [0.1, 0.15) is 26.2 Å². The van der Waals surface area contributed by atoms with Crippen molar-refractivity contribution in [2.75, 3.05) is 40.8 Å². The molecule has 0 spiro atoms. The van der Waals surface area contributed by atoms with E-state index < -0.39 is 12.0 Å². The monoisotopic (exact) mass is 285 g/mol. The van der Waals surface area contributed by atoms with Crippen LogP contribution < -0.4 is 0 Å². The predicted octanol–water partition coefficient (Wildman–Crippen LogP) is 1.18. The quantitative estimate of drug-likeness (QED) is 0.823. The third-order valence-corrected chi connectivity index (χ3v) is 3.86. The molecule has 0 aromatic carbocycles. The molecule has 0 aromatic rings. The van der Waals surface area contributed by atoms with Gasteiger partial charge in [0, 0.05) is 20.1 Å². The molecule has 0 aliphatic carbocycles. The molecule has 2 unspecified atom stereocenters. The van der Waals surface area contributed by atoms with Gasteiger partial charge >= 0.3 is 12.0 Å². The zero-order valence-electron chi connectivity index (χ0n) is 13.0. The lowest BCUT2D eigenvalue weighted by Crippen LogP contribution is -2.55. The third-order valence-electron chi connectivity index (χ3n) is 3.86. The summed E-state index contributed by atoms with van der Waals surface area (Å²) in [5.74, 6) is -0.882. The molecule has 0 saturated carbocycles. The van der Waals surface area contributed by atoms with Gasteiger partial charge in [-0.2, -0.15) is 0 Å². The number of rotatable bonds is 5. The molecule has 1 rings (SSSR count). The highest BCUT2D eigenvalue weighted by Gasteiger charge is 2.37. The number of carbonyl (C=O) groups is 2. The van der Waals surface area contributed by atoms with Crippen molar-refractivity contribution in [3.63, 3.8) is 0 Å². The van der Waals surface area contributed by atoms with Gasteiger partial charge in [-0.25, -0.2) is 9.59 Å². The molecule has 1 fully saturated rings. The molecule has 20 heavy (non-hydrogen) atoms. The van der Waals surface area contributed by atoms with E-state index in [1.54, 1.807) is 11.9 Å². The summed E-state index contributed by atoms with van der Waals surface area (Å²) in [4.78, 5) is 29.0. The number of nitrogens with zero attached hydrogens (tertiary/aromatic N) is 3. The fourth-order valence-corrected chi connectivity index (χ4v) is 2.72.